The van der Waals surface area contributed by atoms with Gasteiger partial charge in [-0.05, 0) is 81.9 Å². The largest absolute Gasteiger partial charge is 0.368 e. The minimum atomic E-state index is -0.306. The molecule has 1 heterocycles. The Morgan fingerprint density at radius 1 is 0.841 bits per heavy atom. The Hall–Kier alpha value is -3.79. The standard InChI is InChI=1S/C33H40Cl2N6O3/c1-39(2)17-7-16-36-32(43)25-22-28(34)31(29(35)23-25)38-33(44)41-20-18-40(19-21-41)27-14-12-26(13-15-27)37-30(42)11-6-10-24-8-4-3-5-9-24/h3-5,8-9,12-15,22-23H,6-7,10-11,16-21H2,1-2H3,(H,36,43)(H,37,42)(H,38,44). The Morgan fingerprint density at radius 3 is 2.14 bits per heavy atom. The van der Waals surface area contributed by atoms with Crippen molar-refractivity contribution in [3.8, 4) is 0 Å². The van der Waals surface area contributed by atoms with E-state index in [-0.39, 0.29) is 33.6 Å². The number of piperazine rings is 1. The molecule has 0 aromatic heterocycles. The van der Waals surface area contributed by atoms with Crippen LogP contribution in [0.4, 0.5) is 21.9 Å². The van der Waals surface area contributed by atoms with E-state index < -0.39 is 0 Å². The average molecular weight is 640 g/mol. The molecular weight excluding hydrogens is 599 g/mol. The van der Waals surface area contributed by atoms with Gasteiger partial charge in [0.2, 0.25) is 5.91 Å². The molecule has 234 valence electrons. The Kier molecular flexibility index (Phi) is 12.3. The SMILES string of the molecule is CN(C)CCCNC(=O)c1cc(Cl)c(NC(=O)N2CCN(c3ccc(NC(=O)CCCc4ccccc4)cc3)CC2)c(Cl)c1. The van der Waals surface area contributed by atoms with Gasteiger partial charge in [-0.1, -0.05) is 53.5 Å². The third kappa shape index (κ3) is 9.87. The summed E-state index contributed by atoms with van der Waals surface area (Å²) in [6, 6.07) is 20.6. The second kappa shape index (κ2) is 16.3. The van der Waals surface area contributed by atoms with E-state index in [1.54, 1.807) is 4.90 Å². The van der Waals surface area contributed by atoms with E-state index in [9.17, 15) is 14.4 Å². The van der Waals surface area contributed by atoms with E-state index in [0.29, 0.717) is 44.7 Å². The lowest BCUT2D eigenvalue weighted by Gasteiger charge is -2.36. The van der Waals surface area contributed by atoms with Crippen molar-refractivity contribution < 1.29 is 14.4 Å². The molecule has 0 spiro atoms. The van der Waals surface area contributed by atoms with Gasteiger partial charge in [0.05, 0.1) is 15.7 Å². The minimum absolute atomic E-state index is 0.00188. The van der Waals surface area contributed by atoms with Gasteiger partial charge in [-0.15, -0.1) is 0 Å². The smallest absolute Gasteiger partial charge is 0.322 e. The number of urea groups is 1. The molecule has 4 rings (SSSR count). The molecule has 3 N–H and O–H groups in total. The number of hydrogen-bond donors (Lipinski definition) is 3. The molecule has 3 aromatic carbocycles. The molecule has 1 fully saturated rings. The number of rotatable bonds is 12. The fraction of sp³-hybridized carbons (Fsp3) is 0.364. The predicted octanol–water partition coefficient (Wildman–Crippen LogP) is 5.99. The van der Waals surface area contributed by atoms with E-state index in [2.05, 4.69) is 33.0 Å². The quantitative estimate of drug-likeness (QED) is 0.212. The van der Waals surface area contributed by atoms with Crippen molar-refractivity contribution in [2.24, 2.45) is 0 Å². The number of halogens is 2. The first kappa shape index (κ1) is 33.1. The van der Waals surface area contributed by atoms with Crippen LogP contribution in [0.1, 0.15) is 35.2 Å². The first-order valence-corrected chi connectivity index (χ1v) is 15.6. The van der Waals surface area contributed by atoms with Gasteiger partial charge >= 0.3 is 6.03 Å². The maximum absolute atomic E-state index is 13.0. The van der Waals surface area contributed by atoms with Crippen molar-refractivity contribution in [1.29, 1.82) is 0 Å². The van der Waals surface area contributed by atoms with Crippen LogP contribution >= 0.6 is 23.2 Å². The van der Waals surface area contributed by atoms with Crippen molar-refractivity contribution in [3.63, 3.8) is 0 Å². The molecule has 11 heteroatoms. The number of nitrogens with one attached hydrogen (secondary N) is 3. The summed E-state index contributed by atoms with van der Waals surface area (Å²) in [5.41, 5.74) is 3.64. The second-order valence-electron chi connectivity index (χ2n) is 11.1. The summed E-state index contributed by atoms with van der Waals surface area (Å²) in [6.45, 7) is 3.71. The van der Waals surface area contributed by atoms with E-state index in [4.69, 9.17) is 23.2 Å². The summed E-state index contributed by atoms with van der Waals surface area (Å²) in [5.74, 6) is -0.266. The molecule has 44 heavy (non-hydrogen) atoms. The van der Waals surface area contributed by atoms with Crippen LogP contribution < -0.4 is 20.9 Å². The molecule has 1 saturated heterocycles. The van der Waals surface area contributed by atoms with Gasteiger partial charge in [-0.3, -0.25) is 9.59 Å². The van der Waals surface area contributed by atoms with Gasteiger partial charge in [-0.2, -0.15) is 0 Å². The molecule has 0 aliphatic carbocycles. The molecule has 1 aliphatic heterocycles. The Balaban J connectivity index is 1.21. The first-order chi connectivity index (χ1) is 21.2. The van der Waals surface area contributed by atoms with Crippen LogP contribution in [0.3, 0.4) is 0 Å². The highest BCUT2D eigenvalue weighted by atomic mass is 35.5. The van der Waals surface area contributed by atoms with Crippen LogP contribution in [0.25, 0.3) is 0 Å². The third-order valence-electron chi connectivity index (χ3n) is 7.40. The molecule has 0 radical (unpaired) electrons. The number of anilines is 3. The summed E-state index contributed by atoms with van der Waals surface area (Å²) in [7, 11) is 3.96. The monoisotopic (exact) mass is 638 g/mol. The Bertz CT molecular complexity index is 1390. The van der Waals surface area contributed by atoms with Crippen LogP contribution in [-0.2, 0) is 11.2 Å². The van der Waals surface area contributed by atoms with Crippen LogP contribution in [0.15, 0.2) is 66.7 Å². The zero-order valence-electron chi connectivity index (χ0n) is 25.2. The normalized spacial score (nSPS) is 13.1. The number of amides is 4. The fourth-order valence-electron chi connectivity index (χ4n) is 4.95. The van der Waals surface area contributed by atoms with Crippen molar-refractivity contribution in [1.82, 2.24) is 15.1 Å². The lowest BCUT2D eigenvalue weighted by atomic mass is 10.1. The molecular formula is C33H40Cl2N6O3. The second-order valence-corrected chi connectivity index (χ2v) is 11.9. The predicted molar refractivity (Wildman–Crippen MR) is 179 cm³/mol. The van der Waals surface area contributed by atoms with Crippen molar-refractivity contribution in [3.05, 3.63) is 87.9 Å². The van der Waals surface area contributed by atoms with Gasteiger partial charge in [0, 0.05) is 56.1 Å². The Labute approximate surface area is 269 Å². The van der Waals surface area contributed by atoms with E-state index in [1.165, 1.54) is 17.7 Å². The highest BCUT2D eigenvalue weighted by molar-refractivity contribution is 6.40. The van der Waals surface area contributed by atoms with Gasteiger partial charge < -0.3 is 30.7 Å². The molecule has 0 bridgehead atoms. The molecule has 3 aromatic rings. The average Bonchev–Trinajstić information content (AvgIpc) is 3.01. The number of benzene rings is 3. The summed E-state index contributed by atoms with van der Waals surface area (Å²) in [6.07, 6.45) is 2.96. The third-order valence-corrected chi connectivity index (χ3v) is 8.00. The highest BCUT2D eigenvalue weighted by Crippen LogP contribution is 2.32. The maximum atomic E-state index is 13.0. The highest BCUT2D eigenvalue weighted by Gasteiger charge is 2.23. The lowest BCUT2D eigenvalue weighted by Crippen LogP contribution is -2.50. The van der Waals surface area contributed by atoms with Crippen LogP contribution in [0, 0.1) is 0 Å². The lowest BCUT2D eigenvalue weighted by molar-refractivity contribution is -0.116. The van der Waals surface area contributed by atoms with Gasteiger partial charge in [0.1, 0.15) is 0 Å². The summed E-state index contributed by atoms with van der Waals surface area (Å²) >= 11 is 12.8. The zero-order chi connectivity index (χ0) is 31.5. The van der Waals surface area contributed by atoms with Crippen LogP contribution in [-0.4, -0.2) is 81.0 Å². The number of nitrogens with zero attached hydrogens (tertiary/aromatic N) is 3. The van der Waals surface area contributed by atoms with Crippen LogP contribution in [0.2, 0.25) is 10.0 Å². The zero-order valence-corrected chi connectivity index (χ0v) is 26.8. The number of carbonyl (C=O) groups excluding carboxylic acids is 3. The molecule has 4 amide bonds. The minimum Gasteiger partial charge on any atom is -0.368 e. The van der Waals surface area contributed by atoms with Crippen LogP contribution in [0.5, 0.6) is 0 Å². The topological polar surface area (TPSA) is 97.0 Å². The first-order valence-electron chi connectivity index (χ1n) is 14.9. The molecule has 9 nitrogen and oxygen atoms in total. The number of carbonyl (C=O) groups is 3. The number of hydrogen-bond acceptors (Lipinski definition) is 5. The van der Waals surface area contributed by atoms with Crippen molar-refractivity contribution in [2.75, 3.05) is 68.9 Å². The summed E-state index contributed by atoms with van der Waals surface area (Å²) in [5, 5.41) is 9.04. The van der Waals surface area contributed by atoms with Gasteiger partial charge in [0.25, 0.3) is 5.91 Å². The molecule has 0 unspecified atom stereocenters. The molecule has 1 aliphatic rings. The Morgan fingerprint density at radius 2 is 1.50 bits per heavy atom. The van der Waals surface area contributed by atoms with Crippen molar-refractivity contribution in [2.45, 2.75) is 25.7 Å². The van der Waals surface area contributed by atoms with Crippen molar-refractivity contribution >= 4 is 58.1 Å². The maximum Gasteiger partial charge on any atom is 0.322 e. The summed E-state index contributed by atoms with van der Waals surface area (Å²) < 4.78 is 0. The number of aryl methyl sites for hydroxylation is 1. The molecule has 0 saturated carbocycles. The molecule has 0 atom stereocenters. The van der Waals surface area contributed by atoms with E-state index in [1.807, 2.05) is 61.5 Å². The fourth-order valence-corrected chi connectivity index (χ4v) is 5.54. The summed E-state index contributed by atoms with van der Waals surface area (Å²) in [4.78, 5) is 43.9. The van der Waals surface area contributed by atoms with Gasteiger partial charge in [-0.25, -0.2) is 4.79 Å². The van der Waals surface area contributed by atoms with Gasteiger partial charge in [0.15, 0.2) is 0 Å². The van der Waals surface area contributed by atoms with E-state index >= 15 is 0 Å². The van der Waals surface area contributed by atoms with E-state index in [0.717, 1.165) is 37.2 Å².